The van der Waals surface area contributed by atoms with Gasteiger partial charge in [0, 0.05) is 67.0 Å². The Hall–Kier alpha value is -8.71. The summed E-state index contributed by atoms with van der Waals surface area (Å²) >= 11 is 7.08. The van der Waals surface area contributed by atoms with Crippen molar-refractivity contribution < 1.29 is 52.3 Å². The van der Waals surface area contributed by atoms with Crippen LogP contribution in [0.1, 0.15) is 102 Å². The maximum absolute atomic E-state index is 12.5. The van der Waals surface area contributed by atoms with Crippen LogP contribution in [0.2, 0.25) is 5.02 Å². The molecule has 8 aliphatic heterocycles. The average Bonchev–Trinajstić information content (AvgIpc) is 0.752. The summed E-state index contributed by atoms with van der Waals surface area (Å²) in [6.07, 6.45) is 6.16. The topological polar surface area (TPSA) is 148 Å². The first-order valence-corrected chi connectivity index (χ1v) is 32.6. The predicted octanol–water partition coefficient (Wildman–Crippen LogP) is 15.5. The molecule has 16 rings (SSSR count). The molecule has 0 radical (unpaired) electrons. The number of nitrogens with zero attached hydrogens (tertiary/aromatic N) is 5. The maximum Gasteiger partial charge on any atom is 0.276 e. The van der Waals surface area contributed by atoms with Crippen LogP contribution in [0.4, 0.5) is 5.69 Å². The Morgan fingerprint density at radius 3 is 1.43 bits per heavy atom. The molecule has 0 aromatic heterocycles. The van der Waals surface area contributed by atoms with Crippen LogP contribution in [-0.2, 0) is 51.4 Å². The molecule has 8 heterocycles. The van der Waals surface area contributed by atoms with E-state index in [9.17, 15) is 10.1 Å². The molecule has 17 nitrogen and oxygen atoms in total. The number of hydrogen-bond acceptors (Lipinski definition) is 16. The number of aryl methyl sites for hydroxylation is 2. The highest BCUT2D eigenvalue weighted by Crippen LogP contribution is 2.56. The van der Waals surface area contributed by atoms with Crippen molar-refractivity contribution in [2.75, 3.05) is 97.0 Å². The SMILES string of the molecule is COc1cc([N+](=O)[O-])c2cc1Oc1ccc(cc1)C[C@H]1c3cc(c(C)cc3CCN1C)Oc1c(OC)c(OC)c(Cl)c3c1[C@H](C2)N(C)CC3.COc1ccc2cc1Oc1ccc(cc1)C[C@H]1c3cc(c(C)cc3CCN1C)Oc1c(OC)c(OC)cc3c1[C@H](C2)N(C)CC3. The summed E-state index contributed by atoms with van der Waals surface area (Å²) in [5.41, 5.74) is 15.4. The lowest BCUT2D eigenvalue weighted by molar-refractivity contribution is -0.385. The second-order valence-corrected chi connectivity index (χ2v) is 26.0. The number of nitro groups is 1. The first-order valence-electron chi connectivity index (χ1n) is 32.2. The van der Waals surface area contributed by atoms with Gasteiger partial charge in [-0.15, -0.1) is 0 Å². The maximum atomic E-state index is 12.5. The van der Waals surface area contributed by atoms with Crippen LogP contribution in [0.5, 0.6) is 80.5 Å². The Morgan fingerprint density at radius 1 is 0.436 bits per heavy atom. The van der Waals surface area contributed by atoms with Gasteiger partial charge < -0.3 is 47.4 Å². The molecule has 94 heavy (non-hydrogen) atoms. The zero-order chi connectivity index (χ0) is 65.8. The van der Waals surface area contributed by atoms with Crippen molar-refractivity contribution >= 4 is 17.3 Å². The number of methoxy groups -OCH3 is 6. The van der Waals surface area contributed by atoms with Crippen molar-refractivity contribution in [1.29, 1.82) is 0 Å². The highest BCUT2D eigenvalue weighted by molar-refractivity contribution is 6.33. The van der Waals surface area contributed by atoms with Crippen molar-refractivity contribution in [2.24, 2.45) is 0 Å². The van der Waals surface area contributed by atoms with Crippen LogP contribution in [0.15, 0.2) is 109 Å². The number of benzene rings is 8. The summed E-state index contributed by atoms with van der Waals surface area (Å²) in [7, 11) is 18.3. The van der Waals surface area contributed by atoms with E-state index in [4.69, 9.17) is 59.0 Å². The fourth-order valence-corrected chi connectivity index (χ4v) is 15.2. The fraction of sp³-hybridized carbons (Fsp3) is 0.368. The van der Waals surface area contributed by atoms with Gasteiger partial charge in [-0.2, -0.15) is 0 Å². The summed E-state index contributed by atoms with van der Waals surface area (Å²) in [6.45, 7) is 7.76. The Kier molecular flexibility index (Phi) is 18.1. The number of likely N-dealkylation sites (N-methyl/N-ethyl adjacent to an activating group) is 4. The minimum absolute atomic E-state index is 0.0415. The summed E-state index contributed by atoms with van der Waals surface area (Å²) in [5.74, 6) is 8.32. The van der Waals surface area contributed by atoms with Crippen molar-refractivity contribution in [3.8, 4) is 80.5 Å². The number of ether oxygens (including phenoxy) is 10. The number of halogens is 1. The summed E-state index contributed by atoms with van der Waals surface area (Å²) in [6, 6.07) is 37.0. The van der Waals surface area contributed by atoms with E-state index < -0.39 is 0 Å². The zero-order valence-electron chi connectivity index (χ0n) is 55.7. The molecule has 0 aliphatic carbocycles. The van der Waals surface area contributed by atoms with Crippen LogP contribution in [0, 0.1) is 24.0 Å². The zero-order valence-corrected chi connectivity index (χ0v) is 56.5. The third-order valence-corrected chi connectivity index (χ3v) is 20.5. The molecule has 0 fully saturated rings. The molecule has 0 spiro atoms. The number of fused-ring (bicyclic) bond motifs is 4. The molecule has 0 N–H and O–H groups in total. The average molecular weight is 1290 g/mol. The van der Waals surface area contributed by atoms with E-state index in [2.05, 4.69) is 133 Å². The van der Waals surface area contributed by atoms with E-state index >= 15 is 0 Å². The van der Waals surface area contributed by atoms with Gasteiger partial charge in [-0.05, 0) is 215 Å². The van der Waals surface area contributed by atoms with Gasteiger partial charge in [-0.3, -0.25) is 29.7 Å². The van der Waals surface area contributed by atoms with Gasteiger partial charge in [0.25, 0.3) is 5.69 Å². The Bertz CT molecular complexity index is 4220. The molecule has 12 bridgehead atoms. The van der Waals surface area contributed by atoms with Crippen LogP contribution in [-0.4, -0.2) is 122 Å². The standard InChI is InChI=1S/C38H40ClN3O7.C38H42N2O5/c1-21-15-23-11-13-40(2)29-16-22-7-9-25(10-8-22)48-33-18-24(28(42(43)44)20-32(33)45-4)17-30-34-26(12-14-41(30)3)35(39)37(46-5)38(47-6)36(34)49-31(21)19-27(23)29;1-23-17-26-13-15-39(2)30-18-24-7-10-28(11-8-24)44-34-20-25(9-12-32(34)41-4)19-31-36-27(14-16-40(31)3)21-35(42-5)37(43-6)38(36)45-33(23)22-29(26)30/h7-10,15,18-20,29-30H,11-14,16-17H2,1-6H3;7-12,17,20-22,30-31H,13-16,18-19H2,1-6H3/t29-,30-;30-,31-/m00/s1. The predicted molar refractivity (Wildman–Crippen MR) is 363 cm³/mol. The molecule has 8 aromatic carbocycles. The molecule has 0 saturated carbocycles. The van der Waals surface area contributed by atoms with Crippen LogP contribution >= 0.6 is 11.6 Å². The first kappa shape index (κ1) is 64.0. The summed E-state index contributed by atoms with van der Waals surface area (Å²) in [5, 5.41) is 13.0. The number of rotatable bonds is 7. The van der Waals surface area contributed by atoms with Crippen molar-refractivity contribution in [3.63, 3.8) is 0 Å². The Balaban J connectivity index is 0.000000171. The minimum Gasteiger partial charge on any atom is -0.493 e. The van der Waals surface area contributed by atoms with Crippen LogP contribution in [0.3, 0.4) is 0 Å². The van der Waals surface area contributed by atoms with Gasteiger partial charge in [0.2, 0.25) is 11.5 Å². The molecule has 18 heteroatoms. The van der Waals surface area contributed by atoms with Gasteiger partial charge >= 0.3 is 0 Å². The summed E-state index contributed by atoms with van der Waals surface area (Å²) in [4.78, 5) is 21.6. The first-order chi connectivity index (χ1) is 45.5. The molecule has 0 saturated heterocycles. The number of nitro benzene ring substituents is 1. The normalized spacial score (nSPS) is 19.1. The Labute approximate surface area is 555 Å². The Morgan fingerprint density at radius 2 is 0.904 bits per heavy atom. The van der Waals surface area contributed by atoms with E-state index in [1.165, 1.54) is 46.6 Å². The quantitative estimate of drug-likeness (QED) is 0.110. The minimum atomic E-state index is -0.380. The molecule has 490 valence electrons. The molecule has 8 aromatic rings. The van der Waals surface area contributed by atoms with Gasteiger partial charge in [-0.25, -0.2) is 0 Å². The van der Waals surface area contributed by atoms with Gasteiger partial charge in [-0.1, -0.05) is 54.1 Å². The van der Waals surface area contributed by atoms with Gasteiger partial charge in [0.1, 0.15) is 23.0 Å². The van der Waals surface area contributed by atoms with Crippen molar-refractivity contribution in [1.82, 2.24) is 19.6 Å². The number of hydrogen-bond donors (Lipinski definition) is 0. The lowest BCUT2D eigenvalue weighted by Gasteiger charge is -2.38. The van der Waals surface area contributed by atoms with Crippen LogP contribution < -0.4 is 47.4 Å². The van der Waals surface area contributed by atoms with E-state index in [0.717, 1.165) is 114 Å². The van der Waals surface area contributed by atoms with Crippen molar-refractivity contribution in [3.05, 3.63) is 202 Å². The fourth-order valence-electron chi connectivity index (χ4n) is 14.9. The third kappa shape index (κ3) is 12.1. The molecular weight excluding hydrogens is 1210 g/mol. The third-order valence-electron chi connectivity index (χ3n) is 20.1. The highest BCUT2D eigenvalue weighted by Gasteiger charge is 2.39. The molecule has 0 unspecified atom stereocenters. The monoisotopic (exact) mass is 1290 g/mol. The van der Waals surface area contributed by atoms with Crippen LogP contribution in [0.25, 0.3) is 0 Å². The van der Waals surface area contributed by atoms with E-state index in [1.54, 1.807) is 41.6 Å². The second-order valence-electron chi connectivity index (χ2n) is 25.6. The summed E-state index contributed by atoms with van der Waals surface area (Å²) < 4.78 is 62.0. The smallest absolute Gasteiger partial charge is 0.276 e. The van der Waals surface area contributed by atoms with E-state index in [1.807, 2.05) is 25.2 Å². The molecule has 0 amide bonds. The second kappa shape index (κ2) is 26.6. The highest BCUT2D eigenvalue weighted by atomic mass is 35.5. The van der Waals surface area contributed by atoms with Gasteiger partial charge in [0.15, 0.2) is 46.0 Å². The van der Waals surface area contributed by atoms with Gasteiger partial charge in [0.05, 0.1) is 58.7 Å². The van der Waals surface area contributed by atoms with E-state index in [0.29, 0.717) is 81.0 Å². The van der Waals surface area contributed by atoms with E-state index in [-0.39, 0.29) is 46.9 Å². The molecule has 8 aliphatic rings. The van der Waals surface area contributed by atoms with Crippen molar-refractivity contribution in [2.45, 2.75) is 89.4 Å². The lowest BCUT2D eigenvalue weighted by atomic mass is 9.86. The lowest BCUT2D eigenvalue weighted by Crippen LogP contribution is -2.34. The molecule has 4 atom stereocenters. The molecular formula is C76H82ClN5O12. The largest absolute Gasteiger partial charge is 0.493 e.